The smallest absolute Gasteiger partial charge is 0.462 e. The molecule has 1 aliphatic heterocycles. The SMILES string of the molecule is CC/C=C\C/C=C\C/C=C\C/C=C\C=C/C(O)C/C=C\CCC(=O)OC[C@H](COP(=O)(O)OP(=O)(O)OC[C@H]1O[C@@H](n2ccc(N)nc2=O)[C@H](O)[C@@H]1O)OC(=O)CCCCCC/C=C\C/C=C\C/C=C\CCCCC. The van der Waals surface area contributed by atoms with Crippen LogP contribution in [0.1, 0.15) is 142 Å². The van der Waals surface area contributed by atoms with Crippen LogP contribution in [-0.2, 0) is 46.3 Å². The van der Waals surface area contributed by atoms with Gasteiger partial charge in [0.25, 0.3) is 0 Å². The van der Waals surface area contributed by atoms with E-state index in [4.69, 9.17) is 29.0 Å². The van der Waals surface area contributed by atoms with Gasteiger partial charge in [0.15, 0.2) is 12.3 Å². The van der Waals surface area contributed by atoms with E-state index in [1.54, 1.807) is 24.3 Å². The Labute approximate surface area is 443 Å². The van der Waals surface area contributed by atoms with Gasteiger partial charge in [-0.3, -0.25) is 23.2 Å². The lowest BCUT2D eigenvalue weighted by atomic mass is 10.1. The highest BCUT2D eigenvalue weighted by Crippen LogP contribution is 2.60. The summed E-state index contributed by atoms with van der Waals surface area (Å²) in [7, 11) is -10.9. The van der Waals surface area contributed by atoms with Gasteiger partial charge in [-0.05, 0) is 89.5 Å². The second-order valence-corrected chi connectivity index (χ2v) is 20.5. The maximum Gasteiger partial charge on any atom is 0.481 e. The Morgan fingerprint density at radius 2 is 1.31 bits per heavy atom. The molecule has 1 aromatic heterocycles. The maximum atomic E-state index is 12.9. The minimum atomic E-state index is -5.47. The van der Waals surface area contributed by atoms with Gasteiger partial charge in [-0.15, -0.1) is 0 Å². The number of ether oxygens (including phenoxy) is 3. The number of rotatable bonds is 41. The summed E-state index contributed by atoms with van der Waals surface area (Å²) in [5, 5.41) is 31.2. The molecule has 0 saturated carbocycles. The van der Waals surface area contributed by atoms with Gasteiger partial charge in [-0.2, -0.15) is 9.29 Å². The van der Waals surface area contributed by atoms with Crippen LogP contribution in [0, 0.1) is 0 Å². The van der Waals surface area contributed by atoms with Crippen LogP contribution in [0.25, 0.3) is 0 Å². The van der Waals surface area contributed by atoms with E-state index in [-0.39, 0.29) is 25.1 Å². The molecule has 8 atom stereocenters. The summed E-state index contributed by atoms with van der Waals surface area (Å²) in [5.74, 6) is -1.53. The summed E-state index contributed by atoms with van der Waals surface area (Å²) < 4.78 is 56.6. The highest BCUT2D eigenvalue weighted by Gasteiger charge is 2.46. The average Bonchev–Trinajstić information content (AvgIpc) is 3.64. The Morgan fingerprint density at radius 1 is 0.720 bits per heavy atom. The number of carbonyl (C=O) groups excluding carboxylic acids is 2. The van der Waals surface area contributed by atoms with E-state index < -0.39 is 89.8 Å². The van der Waals surface area contributed by atoms with Gasteiger partial charge in [-0.1, -0.05) is 149 Å². The predicted molar refractivity (Wildman–Crippen MR) is 290 cm³/mol. The molecule has 420 valence electrons. The van der Waals surface area contributed by atoms with E-state index in [1.165, 1.54) is 25.3 Å². The molecule has 21 heteroatoms. The zero-order chi connectivity index (χ0) is 55.0. The van der Waals surface area contributed by atoms with Crippen LogP contribution >= 0.6 is 15.6 Å². The molecule has 1 fully saturated rings. The van der Waals surface area contributed by atoms with Crippen molar-refractivity contribution in [3.8, 4) is 0 Å². The molecule has 3 unspecified atom stereocenters. The number of nitrogen functional groups attached to an aromatic ring is 1. The highest BCUT2D eigenvalue weighted by atomic mass is 31.3. The maximum absolute atomic E-state index is 12.9. The lowest BCUT2D eigenvalue weighted by molar-refractivity contribution is -0.161. The molecule has 2 rings (SSSR count). The van der Waals surface area contributed by atoms with Crippen LogP contribution in [0.5, 0.6) is 0 Å². The van der Waals surface area contributed by atoms with Crippen LogP contribution in [0.15, 0.2) is 126 Å². The molecule has 0 spiro atoms. The van der Waals surface area contributed by atoms with Gasteiger partial charge in [0, 0.05) is 19.0 Å². The number of nitrogens with zero attached hydrogens (tertiary/aromatic N) is 2. The van der Waals surface area contributed by atoms with Crippen LogP contribution in [0.2, 0.25) is 0 Å². The van der Waals surface area contributed by atoms with E-state index in [1.807, 2.05) is 12.2 Å². The Kier molecular flexibility index (Phi) is 36.0. The molecular formula is C54H83N3O16P2. The number of hydrogen-bond donors (Lipinski definition) is 6. The molecular weight excluding hydrogens is 1010 g/mol. The number of aromatic nitrogens is 2. The third kappa shape index (κ3) is 33.2. The zero-order valence-corrected chi connectivity index (χ0v) is 45.4. The van der Waals surface area contributed by atoms with E-state index >= 15 is 0 Å². The van der Waals surface area contributed by atoms with E-state index in [2.05, 4.69) is 96.1 Å². The Hall–Kier alpha value is -4.62. The third-order valence-corrected chi connectivity index (χ3v) is 13.5. The second kappa shape index (κ2) is 40.6. The quantitative estimate of drug-likeness (QED) is 0.0117. The van der Waals surface area contributed by atoms with Gasteiger partial charge in [-0.25, -0.2) is 13.9 Å². The fraction of sp³-hybridized carbons (Fsp3) is 0.556. The first kappa shape index (κ1) is 66.5. The molecule has 7 N–H and O–H groups in total. The third-order valence-electron chi connectivity index (χ3n) is 10.9. The van der Waals surface area contributed by atoms with Crippen molar-refractivity contribution in [2.24, 2.45) is 0 Å². The molecule has 1 aromatic rings. The van der Waals surface area contributed by atoms with Gasteiger partial charge in [0.2, 0.25) is 0 Å². The molecule has 0 bridgehead atoms. The van der Waals surface area contributed by atoms with Crippen molar-refractivity contribution >= 4 is 33.4 Å². The topological polar surface area (TPSA) is 286 Å². The van der Waals surface area contributed by atoms with E-state index in [0.29, 0.717) is 12.8 Å². The van der Waals surface area contributed by atoms with Gasteiger partial charge >= 0.3 is 33.3 Å². The fourth-order valence-corrected chi connectivity index (χ4v) is 9.01. The van der Waals surface area contributed by atoms with Crippen molar-refractivity contribution in [2.75, 3.05) is 25.6 Å². The molecule has 2 heterocycles. The van der Waals surface area contributed by atoms with Crippen LogP contribution in [0.4, 0.5) is 5.82 Å². The summed E-state index contributed by atoms with van der Waals surface area (Å²) in [6.45, 7) is 1.81. The van der Waals surface area contributed by atoms with Crippen molar-refractivity contribution in [3.63, 3.8) is 0 Å². The molecule has 0 amide bonds. The number of aliphatic hydroxyl groups excluding tert-OH is 3. The number of anilines is 1. The number of aliphatic hydroxyl groups is 3. The first-order valence-electron chi connectivity index (χ1n) is 26.0. The number of carbonyl (C=O) groups is 2. The van der Waals surface area contributed by atoms with Crippen molar-refractivity contribution in [1.82, 2.24) is 9.55 Å². The number of nitrogens with two attached hydrogens (primary N) is 1. The summed E-state index contributed by atoms with van der Waals surface area (Å²) in [5.41, 5.74) is 4.57. The number of allylic oxidation sites excluding steroid dienone is 16. The number of esters is 2. The monoisotopic (exact) mass is 1090 g/mol. The van der Waals surface area contributed by atoms with Crippen molar-refractivity contribution < 1.29 is 71.4 Å². The Morgan fingerprint density at radius 3 is 1.95 bits per heavy atom. The van der Waals surface area contributed by atoms with Crippen molar-refractivity contribution in [2.45, 2.75) is 173 Å². The lowest BCUT2D eigenvalue weighted by Crippen LogP contribution is -2.36. The largest absolute Gasteiger partial charge is 0.481 e. The molecule has 19 nitrogen and oxygen atoms in total. The molecule has 0 aliphatic carbocycles. The van der Waals surface area contributed by atoms with Gasteiger partial charge < -0.3 is 45.1 Å². The van der Waals surface area contributed by atoms with Gasteiger partial charge in [0.1, 0.15) is 30.7 Å². The Bertz CT molecular complexity index is 2200. The summed E-state index contributed by atoms with van der Waals surface area (Å²) >= 11 is 0. The number of unbranched alkanes of at least 4 members (excludes halogenated alkanes) is 7. The molecule has 1 aliphatic rings. The summed E-state index contributed by atoms with van der Waals surface area (Å²) in [4.78, 5) is 62.0. The molecule has 75 heavy (non-hydrogen) atoms. The molecule has 0 radical (unpaired) electrons. The average molecular weight is 1090 g/mol. The standard InChI is InChI=1S/C54H83N3O16P2/c1-3-5-7-9-11-13-15-17-18-19-20-22-24-26-28-30-34-39-50(60)71-46(42-68-49(59)38-35-31-33-37-45(58)36-32-29-27-25-23-21-16-14-12-10-8-6-4-2)43-69-74(64,65)73-75(66,67)70-44-47-51(61)52(62)53(72-47)57-41-40-48(55)56-54(57)63/h6,8,11-14,17-18,20-23,27,29,31-33,36,40-41,45-47,51-53,58,61-62H,3-5,7,9-10,15-16,19,24-26,28,30,34-35,37-39,42-44H2,1-2H3,(H,64,65)(H,66,67)(H2,55,56,63)/b8-6-,13-11-,14-12-,18-17-,22-20-,23-21-,29-27-,33-31-,36-32-/t45?,46-,47-,51-,52-,53-/m1/s1. The predicted octanol–water partition coefficient (Wildman–Crippen LogP) is 9.97. The highest BCUT2D eigenvalue weighted by molar-refractivity contribution is 7.61. The normalized spacial score (nSPS) is 20.1. The van der Waals surface area contributed by atoms with Crippen LogP contribution < -0.4 is 11.4 Å². The first-order chi connectivity index (χ1) is 36.1. The second-order valence-electron chi connectivity index (χ2n) is 17.5. The van der Waals surface area contributed by atoms with Gasteiger partial charge in [0.05, 0.1) is 19.3 Å². The minimum absolute atomic E-state index is 0.0194. The Balaban J connectivity index is 1.87. The summed E-state index contributed by atoms with van der Waals surface area (Å²) in [6, 6.07) is 1.23. The fourth-order valence-electron chi connectivity index (χ4n) is 6.90. The van der Waals surface area contributed by atoms with Crippen molar-refractivity contribution in [1.29, 1.82) is 0 Å². The first-order valence-corrected chi connectivity index (χ1v) is 29.0. The molecule has 1 saturated heterocycles. The number of hydrogen-bond acceptors (Lipinski definition) is 16. The van der Waals surface area contributed by atoms with Crippen molar-refractivity contribution in [3.05, 3.63) is 132 Å². The van der Waals surface area contributed by atoms with Crippen LogP contribution in [0.3, 0.4) is 0 Å². The molecule has 0 aromatic carbocycles. The van der Waals surface area contributed by atoms with E-state index in [0.717, 1.165) is 81.4 Å². The minimum Gasteiger partial charge on any atom is -0.462 e. The lowest BCUT2D eigenvalue weighted by Gasteiger charge is -2.21. The summed E-state index contributed by atoms with van der Waals surface area (Å²) in [6.07, 6.45) is 43.3. The van der Waals surface area contributed by atoms with E-state index in [9.17, 15) is 48.6 Å². The number of phosphoric acid groups is 2. The number of phosphoric ester groups is 2. The zero-order valence-electron chi connectivity index (χ0n) is 43.7. The van der Waals surface area contributed by atoms with Crippen LogP contribution in [-0.4, -0.2) is 96.9 Å².